The van der Waals surface area contributed by atoms with Gasteiger partial charge in [0.05, 0.1) is 20.8 Å². The molecule has 5 nitrogen and oxygen atoms in total. The largest absolute Gasteiger partial charge is 0.487 e. The summed E-state index contributed by atoms with van der Waals surface area (Å²) >= 11 is 2.81. The Kier molecular flexibility index (Phi) is 3.29. The molecule has 0 unspecified atom stereocenters. The Balaban J connectivity index is 1.46. The second kappa shape index (κ2) is 5.65. The fourth-order valence-electron chi connectivity index (χ4n) is 2.76. The van der Waals surface area contributed by atoms with Crippen LogP contribution in [-0.4, -0.2) is 15.9 Å². The highest BCUT2D eigenvalue weighted by Gasteiger charge is 2.23. The lowest BCUT2D eigenvalue weighted by Crippen LogP contribution is -2.11. The molecule has 0 saturated heterocycles. The van der Waals surface area contributed by atoms with Crippen LogP contribution < -0.4 is 10.1 Å². The van der Waals surface area contributed by atoms with Gasteiger partial charge in [0.2, 0.25) is 0 Å². The number of benzene rings is 2. The molecule has 0 aliphatic carbocycles. The minimum absolute atomic E-state index is 0.235. The van der Waals surface area contributed by atoms with Crippen molar-refractivity contribution in [2.75, 3.05) is 5.32 Å². The van der Waals surface area contributed by atoms with Gasteiger partial charge in [-0.15, -0.1) is 11.3 Å². The highest BCUT2D eigenvalue weighted by Crippen LogP contribution is 2.40. The minimum Gasteiger partial charge on any atom is -0.487 e. The third-order valence-corrected chi connectivity index (χ3v) is 5.89. The zero-order chi connectivity index (χ0) is 16.8. The number of carbonyl (C=O) groups is 1. The van der Waals surface area contributed by atoms with Gasteiger partial charge < -0.3 is 4.74 Å². The van der Waals surface area contributed by atoms with Crippen LogP contribution in [0.1, 0.15) is 14.7 Å². The van der Waals surface area contributed by atoms with Gasteiger partial charge in [-0.25, -0.2) is 9.97 Å². The predicted molar refractivity (Wildman–Crippen MR) is 99.5 cm³/mol. The molecular formula is C18H11N3O2S2. The average Bonchev–Trinajstić information content (AvgIpc) is 3.25. The fraction of sp³-hybridized carbons (Fsp3) is 0.0556. The third-order valence-electron chi connectivity index (χ3n) is 3.91. The zero-order valence-electron chi connectivity index (χ0n) is 12.9. The second-order valence-corrected chi connectivity index (χ2v) is 7.63. The Bertz CT molecular complexity index is 1080. The highest BCUT2D eigenvalue weighted by molar-refractivity contribution is 7.20. The van der Waals surface area contributed by atoms with Crippen LogP contribution in [-0.2, 0) is 6.61 Å². The normalized spacial score (nSPS) is 12.3. The van der Waals surface area contributed by atoms with Crippen LogP contribution in [0.5, 0.6) is 5.75 Å². The molecule has 1 aliphatic rings. The molecule has 7 heteroatoms. The molecule has 0 bridgehead atoms. The summed E-state index contributed by atoms with van der Waals surface area (Å²) in [6, 6.07) is 15.5. The smallest absolute Gasteiger partial charge is 0.286 e. The minimum atomic E-state index is -0.235. The van der Waals surface area contributed by atoms with Crippen LogP contribution in [0.4, 0.5) is 5.13 Å². The Morgan fingerprint density at radius 2 is 1.88 bits per heavy atom. The zero-order valence-corrected chi connectivity index (χ0v) is 14.5. The Labute approximate surface area is 150 Å². The Hall–Kier alpha value is -2.77. The molecular weight excluding hydrogens is 354 g/mol. The average molecular weight is 365 g/mol. The summed E-state index contributed by atoms with van der Waals surface area (Å²) in [5, 5.41) is 3.87. The number of para-hydroxylation sites is 2. The molecule has 2 aromatic heterocycles. The van der Waals surface area contributed by atoms with Gasteiger partial charge in [-0.1, -0.05) is 35.6 Å². The monoisotopic (exact) mass is 365 g/mol. The van der Waals surface area contributed by atoms with Gasteiger partial charge in [0.15, 0.2) is 10.1 Å². The molecule has 25 heavy (non-hydrogen) atoms. The number of carbonyl (C=O) groups excluding carboxylic acids is 1. The van der Waals surface area contributed by atoms with Crippen LogP contribution in [0.2, 0.25) is 0 Å². The highest BCUT2D eigenvalue weighted by atomic mass is 32.1. The quantitative estimate of drug-likeness (QED) is 0.565. The molecule has 5 rings (SSSR count). The van der Waals surface area contributed by atoms with E-state index in [4.69, 9.17) is 4.74 Å². The molecule has 1 aliphatic heterocycles. The SMILES string of the molecule is O=C(Nc1nc2c(s1)COc1ccccc1-2)c1nc2ccccc2s1. The maximum Gasteiger partial charge on any atom is 0.286 e. The molecule has 1 amide bonds. The molecule has 3 heterocycles. The molecule has 0 saturated carbocycles. The van der Waals surface area contributed by atoms with Crippen molar-refractivity contribution in [3.05, 3.63) is 58.4 Å². The van der Waals surface area contributed by atoms with Crippen LogP contribution >= 0.6 is 22.7 Å². The van der Waals surface area contributed by atoms with E-state index in [2.05, 4.69) is 15.3 Å². The number of rotatable bonds is 2. The first-order valence-corrected chi connectivity index (χ1v) is 9.30. The molecule has 2 aromatic carbocycles. The van der Waals surface area contributed by atoms with Crippen molar-refractivity contribution >= 4 is 43.9 Å². The molecule has 1 N–H and O–H groups in total. The van der Waals surface area contributed by atoms with Crippen molar-refractivity contribution in [1.29, 1.82) is 0 Å². The fourth-order valence-corrected chi connectivity index (χ4v) is 4.51. The summed E-state index contributed by atoms with van der Waals surface area (Å²) in [4.78, 5) is 22.5. The van der Waals surface area contributed by atoms with Crippen LogP contribution in [0, 0.1) is 0 Å². The topological polar surface area (TPSA) is 64.1 Å². The summed E-state index contributed by atoms with van der Waals surface area (Å²) in [5.41, 5.74) is 2.67. The maximum absolute atomic E-state index is 12.5. The Morgan fingerprint density at radius 3 is 2.80 bits per heavy atom. The summed E-state index contributed by atoms with van der Waals surface area (Å²) in [6.45, 7) is 0.473. The van der Waals surface area contributed by atoms with E-state index in [9.17, 15) is 4.79 Å². The number of hydrogen-bond donors (Lipinski definition) is 1. The number of aromatic nitrogens is 2. The molecule has 0 fully saturated rings. The number of nitrogens with one attached hydrogen (secondary N) is 1. The predicted octanol–water partition coefficient (Wildman–Crippen LogP) is 4.56. The van der Waals surface area contributed by atoms with Gasteiger partial charge in [0.1, 0.15) is 12.4 Å². The first-order chi connectivity index (χ1) is 12.3. The lowest BCUT2D eigenvalue weighted by molar-refractivity contribution is 0.102. The van der Waals surface area contributed by atoms with Gasteiger partial charge in [-0.2, -0.15) is 0 Å². The molecule has 0 spiro atoms. The van der Waals surface area contributed by atoms with Gasteiger partial charge in [-0.05, 0) is 24.3 Å². The standard InChI is InChI=1S/C18H11N3O2S2/c22-16(17-19-11-6-2-4-8-13(11)24-17)21-18-20-15-10-5-1-3-7-12(10)23-9-14(15)25-18/h1-8H,9H2,(H,20,21,22). The lowest BCUT2D eigenvalue weighted by atomic mass is 10.1. The maximum atomic E-state index is 12.5. The van der Waals surface area contributed by atoms with Gasteiger partial charge in [-0.3, -0.25) is 10.1 Å². The summed E-state index contributed by atoms with van der Waals surface area (Å²) in [7, 11) is 0. The molecule has 0 radical (unpaired) electrons. The van der Waals surface area contributed by atoms with Gasteiger partial charge in [0, 0.05) is 5.56 Å². The number of anilines is 1. The summed E-state index contributed by atoms with van der Waals surface area (Å²) in [6.07, 6.45) is 0. The van der Waals surface area contributed by atoms with E-state index < -0.39 is 0 Å². The number of hydrogen-bond acceptors (Lipinski definition) is 6. The number of nitrogens with zero attached hydrogens (tertiary/aromatic N) is 2. The summed E-state index contributed by atoms with van der Waals surface area (Å²) < 4.78 is 6.73. The van der Waals surface area contributed by atoms with Gasteiger partial charge >= 0.3 is 0 Å². The van der Waals surface area contributed by atoms with E-state index >= 15 is 0 Å². The third kappa shape index (κ3) is 2.48. The first kappa shape index (κ1) is 14.6. The molecule has 122 valence electrons. The van der Waals surface area contributed by atoms with E-state index in [-0.39, 0.29) is 5.91 Å². The second-order valence-electron chi connectivity index (χ2n) is 5.52. The van der Waals surface area contributed by atoms with Gasteiger partial charge in [0.25, 0.3) is 5.91 Å². The lowest BCUT2D eigenvalue weighted by Gasteiger charge is -2.15. The van der Waals surface area contributed by atoms with E-state index in [0.717, 1.165) is 32.1 Å². The molecule has 0 atom stereocenters. The van der Waals surface area contributed by atoms with Crippen molar-refractivity contribution in [3.63, 3.8) is 0 Å². The Morgan fingerprint density at radius 1 is 1.04 bits per heavy atom. The van der Waals surface area contributed by atoms with Crippen molar-refractivity contribution in [3.8, 4) is 17.0 Å². The summed E-state index contributed by atoms with van der Waals surface area (Å²) in [5.74, 6) is 0.589. The number of fused-ring (bicyclic) bond motifs is 4. The van der Waals surface area contributed by atoms with Crippen molar-refractivity contribution < 1.29 is 9.53 Å². The number of thiazole rings is 2. The number of amides is 1. The van der Waals surface area contributed by atoms with Crippen LogP contribution in [0.3, 0.4) is 0 Å². The van der Waals surface area contributed by atoms with Crippen LogP contribution in [0.25, 0.3) is 21.5 Å². The van der Waals surface area contributed by atoms with Crippen molar-refractivity contribution in [2.45, 2.75) is 6.61 Å². The first-order valence-electron chi connectivity index (χ1n) is 7.67. The van der Waals surface area contributed by atoms with Crippen molar-refractivity contribution in [2.24, 2.45) is 0 Å². The van der Waals surface area contributed by atoms with Crippen LogP contribution in [0.15, 0.2) is 48.5 Å². The van der Waals surface area contributed by atoms with Crippen molar-refractivity contribution in [1.82, 2.24) is 9.97 Å². The number of ether oxygens (including phenoxy) is 1. The molecule has 4 aromatic rings. The van der Waals surface area contributed by atoms with E-state index in [1.165, 1.54) is 22.7 Å². The van der Waals surface area contributed by atoms with E-state index in [0.29, 0.717) is 16.7 Å². The van der Waals surface area contributed by atoms with E-state index in [1.54, 1.807) is 0 Å². The van der Waals surface area contributed by atoms with E-state index in [1.807, 2.05) is 48.5 Å².